The summed E-state index contributed by atoms with van der Waals surface area (Å²) in [6.07, 6.45) is 0.908. The Labute approximate surface area is 180 Å². The van der Waals surface area contributed by atoms with E-state index in [1.165, 1.54) is 0 Å². The van der Waals surface area contributed by atoms with Gasteiger partial charge in [-0.05, 0) is 36.2 Å². The fourth-order valence-corrected chi connectivity index (χ4v) is 3.77. The van der Waals surface area contributed by atoms with E-state index in [9.17, 15) is 15.3 Å². The van der Waals surface area contributed by atoms with Crippen molar-refractivity contribution < 1.29 is 19.7 Å². The highest BCUT2D eigenvalue weighted by atomic mass is 32.2. The molecule has 6 nitrogen and oxygen atoms in total. The second-order valence-corrected chi connectivity index (χ2v) is 8.97. The van der Waals surface area contributed by atoms with Gasteiger partial charge >= 0.3 is 0 Å². The largest absolute Gasteiger partial charge is 0.448 e. The first-order valence-corrected chi connectivity index (χ1v) is 10.7. The third-order valence-electron chi connectivity index (χ3n) is 4.90. The van der Waals surface area contributed by atoms with Crippen LogP contribution in [-0.4, -0.2) is 39.1 Å². The van der Waals surface area contributed by atoms with Gasteiger partial charge in [0.2, 0.25) is 0 Å². The molecule has 0 bridgehead atoms. The van der Waals surface area contributed by atoms with Crippen LogP contribution in [0.5, 0.6) is 0 Å². The van der Waals surface area contributed by atoms with Gasteiger partial charge in [0.15, 0.2) is 5.89 Å². The Morgan fingerprint density at radius 2 is 1.57 bits per heavy atom. The topological polar surface area (TPSA) is 113 Å². The molecule has 0 aliphatic heterocycles. The predicted molar refractivity (Wildman–Crippen MR) is 117 cm³/mol. The summed E-state index contributed by atoms with van der Waals surface area (Å²) < 4.78 is 5.51. The summed E-state index contributed by atoms with van der Waals surface area (Å²) in [6.45, 7) is 3.31. The standard InChI is InChI=1S/C23H28N2O4S/c1-15(2)22-25-20(12-29-22)16-3-7-18(8-4-16)30-19-9-5-17(6-10-19)21(28)11-23(24,13-26)14-27/h3-10,12,15,21,26-28H,11,13-14,24H2,1-2H3. The minimum atomic E-state index is -1.20. The lowest BCUT2D eigenvalue weighted by molar-refractivity contribution is 0.0618. The smallest absolute Gasteiger partial charge is 0.197 e. The quantitative estimate of drug-likeness (QED) is 0.411. The lowest BCUT2D eigenvalue weighted by Gasteiger charge is -2.27. The lowest BCUT2D eigenvalue weighted by Crippen LogP contribution is -2.48. The molecule has 3 rings (SSSR count). The van der Waals surface area contributed by atoms with Crippen molar-refractivity contribution in [2.75, 3.05) is 13.2 Å². The second-order valence-electron chi connectivity index (χ2n) is 7.82. The zero-order valence-corrected chi connectivity index (χ0v) is 18.0. The van der Waals surface area contributed by atoms with Gasteiger partial charge in [-0.15, -0.1) is 0 Å². The summed E-state index contributed by atoms with van der Waals surface area (Å²) in [6, 6.07) is 15.6. The molecule has 0 fully saturated rings. The maximum Gasteiger partial charge on any atom is 0.197 e. The van der Waals surface area contributed by atoms with Gasteiger partial charge in [0, 0.05) is 21.3 Å². The molecule has 0 amide bonds. The number of aromatic nitrogens is 1. The maximum atomic E-state index is 10.4. The van der Waals surface area contributed by atoms with Gasteiger partial charge in [-0.1, -0.05) is 49.9 Å². The van der Waals surface area contributed by atoms with Crippen LogP contribution >= 0.6 is 11.8 Å². The molecule has 1 atom stereocenters. The van der Waals surface area contributed by atoms with E-state index in [1.54, 1.807) is 18.0 Å². The number of oxazole rings is 1. The molecule has 1 unspecified atom stereocenters. The van der Waals surface area contributed by atoms with Crippen LogP contribution in [0.2, 0.25) is 0 Å². The zero-order chi connectivity index (χ0) is 21.7. The van der Waals surface area contributed by atoms with Crippen LogP contribution in [0.1, 0.15) is 43.7 Å². The first kappa shape index (κ1) is 22.5. The Morgan fingerprint density at radius 3 is 2.07 bits per heavy atom. The number of aliphatic hydroxyl groups excluding tert-OH is 3. The van der Waals surface area contributed by atoms with Crippen molar-refractivity contribution >= 4 is 11.8 Å². The lowest BCUT2D eigenvalue weighted by atomic mass is 9.92. The molecule has 0 aliphatic carbocycles. The minimum Gasteiger partial charge on any atom is -0.448 e. The number of hydrogen-bond acceptors (Lipinski definition) is 7. The molecule has 7 heteroatoms. The molecule has 1 heterocycles. The van der Waals surface area contributed by atoms with E-state index in [0.717, 1.165) is 26.9 Å². The Hall–Kier alpha value is -2.16. The van der Waals surface area contributed by atoms with Gasteiger partial charge in [-0.2, -0.15) is 0 Å². The van der Waals surface area contributed by atoms with Crippen molar-refractivity contribution in [2.45, 2.75) is 47.6 Å². The third kappa shape index (κ3) is 5.50. The molecule has 0 radical (unpaired) electrons. The van der Waals surface area contributed by atoms with Crippen LogP contribution in [0.15, 0.2) is 69.0 Å². The normalized spacial score (nSPS) is 13.0. The number of hydrogen-bond donors (Lipinski definition) is 4. The van der Waals surface area contributed by atoms with E-state index in [2.05, 4.69) is 4.98 Å². The number of rotatable bonds is 9. The monoisotopic (exact) mass is 428 g/mol. The van der Waals surface area contributed by atoms with Gasteiger partial charge in [0.05, 0.1) is 24.9 Å². The Balaban J connectivity index is 1.64. The van der Waals surface area contributed by atoms with Crippen molar-refractivity contribution in [2.24, 2.45) is 5.73 Å². The van der Waals surface area contributed by atoms with Gasteiger partial charge in [-0.3, -0.25) is 0 Å². The van der Waals surface area contributed by atoms with Gasteiger partial charge in [0.25, 0.3) is 0 Å². The van der Waals surface area contributed by atoms with Gasteiger partial charge in [0.1, 0.15) is 12.0 Å². The average Bonchev–Trinajstić information content (AvgIpc) is 3.25. The molecule has 3 aromatic rings. The molecule has 5 N–H and O–H groups in total. The molecule has 0 saturated carbocycles. The Kier molecular flexibility index (Phi) is 7.33. The SMILES string of the molecule is CC(C)c1nc(-c2ccc(Sc3ccc(C(O)CC(N)(CO)CO)cc3)cc2)co1. The average molecular weight is 429 g/mol. The van der Waals surface area contributed by atoms with E-state index < -0.39 is 24.9 Å². The highest BCUT2D eigenvalue weighted by molar-refractivity contribution is 7.99. The van der Waals surface area contributed by atoms with Crippen molar-refractivity contribution in [1.29, 1.82) is 0 Å². The summed E-state index contributed by atoms with van der Waals surface area (Å²) in [5.41, 5.74) is 7.19. The van der Waals surface area contributed by atoms with Gasteiger partial charge in [-0.25, -0.2) is 4.98 Å². The third-order valence-corrected chi connectivity index (χ3v) is 5.91. The maximum absolute atomic E-state index is 10.4. The molecule has 2 aromatic carbocycles. The van der Waals surface area contributed by atoms with E-state index >= 15 is 0 Å². The Morgan fingerprint density at radius 1 is 1.00 bits per heavy atom. The van der Waals surface area contributed by atoms with E-state index in [1.807, 2.05) is 62.4 Å². The summed E-state index contributed by atoms with van der Waals surface area (Å²) in [4.78, 5) is 6.64. The molecular formula is C23H28N2O4S. The number of benzene rings is 2. The van der Waals surface area contributed by atoms with Crippen LogP contribution in [-0.2, 0) is 0 Å². The van der Waals surface area contributed by atoms with Crippen LogP contribution in [0.25, 0.3) is 11.3 Å². The van der Waals surface area contributed by atoms with E-state index in [0.29, 0.717) is 5.56 Å². The summed E-state index contributed by atoms with van der Waals surface area (Å²) >= 11 is 1.61. The summed E-state index contributed by atoms with van der Waals surface area (Å²) in [7, 11) is 0. The first-order chi connectivity index (χ1) is 14.3. The highest BCUT2D eigenvalue weighted by Crippen LogP contribution is 2.31. The number of aliphatic hydroxyl groups is 3. The van der Waals surface area contributed by atoms with Crippen LogP contribution in [0.3, 0.4) is 0 Å². The highest BCUT2D eigenvalue weighted by Gasteiger charge is 2.27. The van der Waals surface area contributed by atoms with Crippen LogP contribution < -0.4 is 5.73 Å². The van der Waals surface area contributed by atoms with E-state index in [-0.39, 0.29) is 12.3 Å². The van der Waals surface area contributed by atoms with Gasteiger partial charge < -0.3 is 25.5 Å². The Bertz CT molecular complexity index is 935. The summed E-state index contributed by atoms with van der Waals surface area (Å²) in [5, 5.41) is 28.9. The molecule has 0 spiro atoms. The van der Waals surface area contributed by atoms with Crippen LogP contribution in [0.4, 0.5) is 0 Å². The van der Waals surface area contributed by atoms with Crippen LogP contribution in [0, 0.1) is 0 Å². The predicted octanol–water partition coefficient (Wildman–Crippen LogP) is 3.72. The molecule has 1 aromatic heterocycles. The van der Waals surface area contributed by atoms with Crippen molar-refractivity contribution in [1.82, 2.24) is 4.98 Å². The molecular weight excluding hydrogens is 400 g/mol. The molecule has 0 saturated heterocycles. The van der Waals surface area contributed by atoms with Crippen molar-refractivity contribution in [3.63, 3.8) is 0 Å². The molecule has 160 valence electrons. The fourth-order valence-electron chi connectivity index (χ4n) is 2.96. The summed E-state index contributed by atoms with van der Waals surface area (Å²) in [5.74, 6) is 0.985. The second kappa shape index (κ2) is 9.76. The van der Waals surface area contributed by atoms with Crippen molar-refractivity contribution in [3.8, 4) is 11.3 Å². The number of nitrogens with zero attached hydrogens (tertiary/aromatic N) is 1. The fraction of sp³-hybridized carbons (Fsp3) is 0.348. The number of nitrogens with two attached hydrogens (primary N) is 1. The minimum absolute atomic E-state index is 0.0779. The molecule has 30 heavy (non-hydrogen) atoms. The zero-order valence-electron chi connectivity index (χ0n) is 17.2. The van der Waals surface area contributed by atoms with E-state index in [4.69, 9.17) is 10.2 Å². The first-order valence-electron chi connectivity index (χ1n) is 9.86. The van der Waals surface area contributed by atoms with Crippen molar-refractivity contribution in [3.05, 3.63) is 66.2 Å². The molecule has 0 aliphatic rings.